The van der Waals surface area contributed by atoms with Crippen molar-refractivity contribution in [3.8, 4) is 0 Å². The molecule has 25 heavy (non-hydrogen) atoms. The molecule has 1 rings (SSSR count). The zero-order valence-electron chi connectivity index (χ0n) is 15.7. The number of carbonyl (C=O) groups is 1. The lowest BCUT2D eigenvalue weighted by molar-refractivity contribution is -0.119. The summed E-state index contributed by atoms with van der Waals surface area (Å²) in [7, 11) is 0. The summed E-state index contributed by atoms with van der Waals surface area (Å²) in [5.41, 5.74) is 1.08. The summed E-state index contributed by atoms with van der Waals surface area (Å²) in [6.07, 6.45) is 0.900. The fraction of sp³-hybridized carbons (Fsp3) is 0.579. The molecule has 0 radical (unpaired) electrons. The van der Waals surface area contributed by atoms with Gasteiger partial charge in [0.2, 0.25) is 5.91 Å². The smallest absolute Gasteiger partial charge is 0.242 e. The Balaban J connectivity index is 2.25. The number of rotatable bonds is 11. The van der Waals surface area contributed by atoms with Crippen molar-refractivity contribution in [2.45, 2.75) is 33.7 Å². The van der Waals surface area contributed by atoms with E-state index in [-0.39, 0.29) is 12.5 Å². The Morgan fingerprint density at radius 3 is 2.60 bits per heavy atom. The quantitative estimate of drug-likeness (QED) is 0.324. The zero-order chi connectivity index (χ0) is 18.3. The van der Waals surface area contributed by atoms with E-state index in [1.807, 2.05) is 37.3 Å². The van der Waals surface area contributed by atoms with E-state index in [9.17, 15) is 4.79 Å². The molecule has 1 amide bonds. The Labute approximate surface area is 151 Å². The molecule has 0 fully saturated rings. The van der Waals surface area contributed by atoms with Gasteiger partial charge in [-0.15, -0.1) is 0 Å². The van der Waals surface area contributed by atoms with Crippen LogP contribution in [0.1, 0.15) is 32.8 Å². The zero-order valence-corrected chi connectivity index (χ0v) is 15.7. The molecule has 0 aliphatic rings. The summed E-state index contributed by atoms with van der Waals surface area (Å²) >= 11 is 0. The minimum atomic E-state index is -0.0960. The first-order valence-electron chi connectivity index (χ1n) is 9.02. The molecule has 1 aromatic carbocycles. The van der Waals surface area contributed by atoms with Crippen molar-refractivity contribution in [3.63, 3.8) is 0 Å². The van der Waals surface area contributed by atoms with Gasteiger partial charge in [0, 0.05) is 32.8 Å². The predicted molar refractivity (Wildman–Crippen MR) is 103 cm³/mol. The molecule has 0 saturated carbocycles. The lowest BCUT2D eigenvalue weighted by Crippen LogP contribution is -2.39. The Morgan fingerprint density at radius 1 is 1.16 bits per heavy atom. The Morgan fingerprint density at radius 2 is 1.92 bits per heavy atom. The van der Waals surface area contributed by atoms with Crippen molar-refractivity contribution in [1.82, 2.24) is 16.0 Å². The molecule has 0 aliphatic carbocycles. The van der Waals surface area contributed by atoms with Crippen LogP contribution in [0, 0.1) is 5.92 Å². The van der Waals surface area contributed by atoms with Crippen LogP contribution in [-0.4, -0.2) is 44.7 Å². The average Bonchev–Trinajstić information content (AvgIpc) is 2.61. The topological polar surface area (TPSA) is 74.8 Å². The summed E-state index contributed by atoms with van der Waals surface area (Å²) in [5.74, 6) is 1.11. The monoisotopic (exact) mass is 348 g/mol. The van der Waals surface area contributed by atoms with Gasteiger partial charge in [0.25, 0.3) is 0 Å². The maximum absolute atomic E-state index is 11.9. The van der Waals surface area contributed by atoms with Crippen LogP contribution < -0.4 is 16.0 Å². The van der Waals surface area contributed by atoms with Gasteiger partial charge >= 0.3 is 0 Å². The van der Waals surface area contributed by atoms with Crippen LogP contribution >= 0.6 is 0 Å². The van der Waals surface area contributed by atoms with Crippen molar-refractivity contribution in [1.29, 1.82) is 0 Å². The van der Waals surface area contributed by atoms with Gasteiger partial charge in [-0.3, -0.25) is 4.79 Å². The number of aliphatic imine (C=N–C) groups is 1. The van der Waals surface area contributed by atoms with Crippen LogP contribution in [0.5, 0.6) is 0 Å². The summed E-state index contributed by atoms with van der Waals surface area (Å²) in [5, 5.41) is 9.23. The molecule has 0 unspecified atom stereocenters. The van der Waals surface area contributed by atoms with Crippen LogP contribution in [0.3, 0.4) is 0 Å². The summed E-state index contributed by atoms with van der Waals surface area (Å²) in [6, 6.07) is 9.83. The highest BCUT2D eigenvalue weighted by Crippen LogP contribution is 1.97. The molecule has 0 aliphatic heterocycles. The second-order valence-corrected chi connectivity index (χ2v) is 6.21. The third-order valence-corrected chi connectivity index (χ3v) is 3.27. The molecule has 0 atom stereocenters. The van der Waals surface area contributed by atoms with Crippen molar-refractivity contribution in [2.24, 2.45) is 10.9 Å². The maximum atomic E-state index is 11.9. The minimum absolute atomic E-state index is 0.0960. The number of nitrogens with one attached hydrogen (secondary N) is 3. The van der Waals surface area contributed by atoms with E-state index in [1.165, 1.54) is 0 Å². The number of amides is 1. The van der Waals surface area contributed by atoms with Crippen LogP contribution in [0.4, 0.5) is 0 Å². The van der Waals surface area contributed by atoms with E-state index < -0.39 is 0 Å². The molecule has 140 valence electrons. The number of hydrogen-bond acceptors (Lipinski definition) is 3. The third kappa shape index (κ3) is 11.2. The third-order valence-electron chi connectivity index (χ3n) is 3.27. The normalized spacial score (nSPS) is 11.4. The van der Waals surface area contributed by atoms with Crippen LogP contribution in [0.25, 0.3) is 0 Å². The van der Waals surface area contributed by atoms with Crippen molar-refractivity contribution in [3.05, 3.63) is 35.9 Å². The average molecular weight is 348 g/mol. The van der Waals surface area contributed by atoms with Gasteiger partial charge in [0.05, 0.1) is 0 Å². The minimum Gasteiger partial charge on any atom is -0.381 e. The van der Waals surface area contributed by atoms with Gasteiger partial charge < -0.3 is 20.7 Å². The van der Waals surface area contributed by atoms with Gasteiger partial charge in [-0.05, 0) is 24.8 Å². The van der Waals surface area contributed by atoms with E-state index >= 15 is 0 Å². The van der Waals surface area contributed by atoms with Crippen molar-refractivity contribution in [2.75, 3.05) is 32.8 Å². The first-order chi connectivity index (χ1) is 12.1. The standard InChI is InChI=1S/C19H32N4O2/c1-4-20-19(21-11-8-12-25-15-16(2)3)23-14-18(24)22-13-17-9-6-5-7-10-17/h5-7,9-10,16H,4,8,11-15H2,1-3H3,(H,22,24)(H2,20,21,23). The molecule has 1 aromatic rings. The second kappa shape index (κ2) is 13.2. The van der Waals surface area contributed by atoms with E-state index in [0.29, 0.717) is 18.4 Å². The lowest BCUT2D eigenvalue weighted by atomic mass is 10.2. The first kappa shape index (κ1) is 21.0. The summed E-state index contributed by atoms with van der Waals surface area (Å²) in [4.78, 5) is 16.2. The molecule has 0 bridgehead atoms. The van der Waals surface area contributed by atoms with E-state index in [2.05, 4.69) is 34.8 Å². The highest BCUT2D eigenvalue weighted by molar-refractivity contribution is 5.84. The number of ether oxygens (including phenoxy) is 1. The molecule has 6 heteroatoms. The molecule has 0 spiro atoms. The summed E-state index contributed by atoms with van der Waals surface area (Å²) in [6.45, 7) is 9.92. The van der Waals surface area contributed by atoms with Gasteiger partial charge in [0.15, 0.2) is 5.96 Å². The number of carbonyl (C=O) groups excluding carboxylic acids is 1. The van der Waals surface area contributed by atoms with Crippen LogP contribution in [-0.2, 0) is 16.1 Å². The number of guanidine groups is 1. The highest BCUT2D eigenvalue weighted by atomic mass is 16.5. The first-order valence-corrected chi connectivity index (χ1v) is 9.02. The molecular formula is C19H32N4O2. The van der Waals surface area contributed by atoms with Crippen LogP contribution in [0.2, 0.25) is 0 Å². The molecule has 6 nitrogen and oxygen atoms in total. The number of benzene rings is 1. The molecule has 0 saturated heterocycles. The largest absolute Gasteiger partial charge is 0.381 e. The number of hydrogen-bond donors (Lipinski definition) is 3. The molecule has 0 heterocycles. The van der Waals surface area contributed by atoms with Gasteiger partial charge in [0.1, 0.15) is 6.54 Å². The van der Waals surface area contributed by atoms with Crippen molar-refractivity contribution >= 4 is 11.9 Å². The maximum Gasteiger partial charge on any atom is 0.242 e. The van der Waals surface area contributed by atoms with E-state index in [4.69, 9.17) is 4.74 Å². The van der Waals surface area contributed by atoms with Gasteiger partial charge in [-0.25, -0.2) is 4.99 Å². The molecule has 3 N–H and O–H groups in total. The Bertz CT molecular complexity index is 503. The highest BCUT2D eigenvalue weighted by Gasteiger charge is 2.02. The van der Waals surface area contributed by atoms with Crippen LogP contribution in [0.15, 0.2) is 35.3 Å². The van der Waals surface area contributed by atoms with Gasteiger partial charge in [-0.2, -0.15) is 0 Å². The predicted octanol–water partition coefficient (Wildman–Crippen LogP) is 1.92. The molecular weight excluding hydrogens is 316 g/mol. The van der Waals surface area contributed by atoms with Crippen molar-refractivity contribution < 1.29 is 9.53 Å². The Hall–Kier alpha value is -2.08. The number of nitrogens with zero attached hydrogens (tertiary/aromatic N) is 1. The second-order valence-electron chi connectivity index (χ2n) is 6.21. The molecule has 0 aromatic heterocycles. The van der Waals surface area contributed by atoms with Gasteiger partial charge in [-0.1, -0.05) is 44.2 Å². The fourth-order valence-electron chi connectivity index (χ4n) is 2.05. The fourth-order valence-corrected chi connectivity index (χ4v) is 2.05. The Kier molecular flexibility index (Phi) is 11.1. The summed E-state index contributed by atoms with van der Waals surface area (Å²) < 4.78 is 5.54. The lowest BCUT2D eigenvalue weighted by Gasteiger charge is -2.12. The van der Waals surface area contributed by atoms with E-state index in [1.54, 1.807) is 0 Å². The SMILES string of the molecule is CCNC(=NCC(=O)NCc1ccccc1)NCCCOCC(C)C. The van der Waals surface area contributed by atoms with E-state index in [0.717, 1.165) is 38.3 Å².